The van der Waals surface area contributed by atoms with E-state index in [2.05, 4.69) is 12.1 Å². The van der Waals surface area contributed by atoms with Crippen molar-refractivity contribution >= 4 is 40.9 Å². The molecule has 2 aliphatic heterocycles. The number of rotatable bonds is 5. The molecule has 2 bridgehead atoms. The minimum atomic E-state index is -1.02. The highest BCUT2D eigenvalue weighted by atomic mass is 32.2. The van der Waals surface area contributed by atoms with Crippen LogP contribution in [0, 0.1) is 29.6 Å². The second kappa shape index (κ2) is 8.43. The smallest absolute Gasteiger partial charge is 0.312 e. The van der Waals surface area contributed by atoms with Gasteiger partial charge in [-0.15, -0.1) is 11.8 Å². The topological polar surface area (TPSA) is 96.7 Å². The lowest BCUT2D eigenvalue weighted by Gasteiger charge is -2.43. The van der Waals surface area contributed by atoms with E-state index in [1.165, 1.54) is 16.2 Å². The maximum atomic E-state index is 13.5. The molecule has 2 aromatic carbocycles. The van der Waals surface area contributed by atoms with Crippen molar-refractivity contribution in [3.63, 3.8) is 0 Å². The molecule has 1 saturated heterocycles. The van der Waals surface area contributed by atoms with Gasteiger partial charge in [0.1, 0.15) is 0 Å². The number of carboxylic acid groups (broad SMARTS) is 1. The van der Waals surface area contributed by atoms with Gasteiger partial charge in [0.25, 0.3) is 0 Å². The fourth-order valence-corrected chi connectivity index (χ4v) is 10.6. The molecule has 1 aromatic heterocycles. The van der Waals surface area contributed by atoms with Crippen LogP contribution < -0.4 is 4.87 Å². The second-order valence-corrected chi connectivity index (χ2v) is 12.5. The molecule has 188 valence electrons. The van der Waals surface area contributed by atoms with Gasteiger partial charge >= 0.3 is 10.8 Å². The van der Waals surface area contributed by atoms with Crippen LogP contribution in [0.2, 0.25) is 0 Å². The van der Waals surface area contributed by atoms with Crippen LogP contribution in [0.3, 0.4) is 0 Å². The molecule has 0 radical (unpaired) electrons. The lowest BCUT2D eigenvalue weighted by Crippen LogP contribution is -2.43. The van der Waals surface area contributed by atoms with Gasteiger partial charge in [-0.1, -0.05) is 59.9 Å². The number of aliphatic carboxylic acids is 1. The molecule has 2 amide bonds. The molecule has 1 N–H and O–H groups in total. The van der Waals surface area contributed by atoms with Crippen LogP contribution in [0.25, 0.3) is 5.69 Å². The van der Waals surface area contributed by atoms with Crippen LogP contribution in [0.15, 0.2) is 70.5 Å². The number of amides is 2. The number of hydrogen-bond donors (Lipinski definition) is 1. The summed E-state index contributed by atoms with van der Waals surface area (Å²) in [5.74, 6) is -2.08. The SMILES string of the molecule is O=C(O)CCN1C(=O)[C@@H]2[C@@H]3C[C@H]([C@@H]2C1=O)[C@@H]1[C@@H](c2ccccc2)c2sc(=O)n(-c4ccccc4)c2S[C@H]31. The summed E-state index contributed by atoms with van der Waals surface area (Å²) in [6, 6.07) is 19.9. The van der Waals surface area contributed by atoms with Gasteiger partial charge in [0.15, 0.2) is 0 Å². The highest BCUT2D eigenvalue weighted by Crippen LogP contribution is 2.68. The Kier molecular flexibility index (Phi) is 5.23. The highest BCUT2D eigenvalue weighted by molar-refractivity contribution is 8.00. The van der Waals surface area contributed by atoms with E-state index in [1.807, 2.05) is 48.5 Å². The van der Waals surface area contributed by atoms with Crippen molar-refractivity contribution in [2.45, 2.75) is 29.0 Å². The lowest BCUT2D eigenvalue weighted by molar-refractivity contribution is -0.142. The van der Waals surface area contributed by atoms with Gasteiger partial charge in [0, 0.05) is 22.6 Å². The van der Waals surface area contributed by atoms with Gasteiger partial charge in [-0.2, -0.15) is 0 Å². The van der Waals surface area contributed by atoms with E-state index in [9.17, 15) is 19.2 Å². The molecule has 4 aliphatic rings. The van der Waals surface area contributed by atoms with E-state index in [0.29, 0.717) is 0 Å². The molecular weight excluding hydrogens is 508 g/mol. The normalized spacial score (nSPS) is 31.4. The quantitative estimate of drug-likeness (QED) is 0.502. The fraction of sp³-hybridized carbons (Fsp3) is 0.357. The Morgan fingerprint density at radius 2 is 1.57 bits per heavy atom. The Morgan fingerprint density at radius 1 is 0.919 bits per heavy atom. The van der Waals surface area contributed by atoms with E-state index in [1.54, 1.807) is 16.3 Å². The summed E-state index contributed by atoms with van der Waals surface area (Å²) in [4.78, 5) is 53.6. The van der Waals surface area contributed by atoms with Gasteiger partial charge in [0.05, 0.1) is 29.0 Å². The van der Waals surface area contributed by atoms with Crippen molar-refractivity contribution in [1.82, 2.24) is 9.47 Å². The van der Waals surface area contributed by atoms with Gasteiger partial charge < -0.3 is 5.11 Å². The third-order valence-corrected chi connectivity index (χ3v) is 11.4. The minimum Gasteiger partial charge on any atom is -0.481 e. The monoisotopic (exact) mass is 532 g/mol. The first-order valence-electron chi connectivity index (χ1n) is 12.6. The molecule has 3 aromatic rings. The number of fused-ring (bicyclic) bond motifs is 9. The molecular formula is C28H24N2O5S2. The Bertz CT molecular complexity index is 1480. The van der Waals surface area contributed by atoms with Gasteiger partial charge in [-0.25, -0.2) is 0 Å². The van der Waals surface area contributed by atoms with E-state index in [-0.39, 0.29) is 58.6 Å². The summed E-state index contributed by atoms with van der Waals surface area (Å²) in [6.45, 7) is -0.0646. The fourth-order valence-electron chi connectivity index (χ4n) is 7.40. The number of carbonyl (C=O) groups is 3. The summed E-state index contributed by atoms with van der Waals surface area (Å²) in [6.07, 6.45) is 0.580. The molecule has 7 nitrogen and oxygen atoms in total. The Morgan fingerprint density at radius 3 is 2.24 bits per heavy atom. The zero-order valence-corrected chi connectivity index (χ0v) is 21.4. The maximum Gasteiger partial charge on any atom is 0.312 e. The van der Waals surface area contributed by atoms with E-state index in [0.717, 1.165) is 27.6 Å². The van der Waals surface area contributed by atoms with Crippen LogP contribution in [0.1, 0.15) is 29.2 Å². The van der Waals surface area contributed by atoms with E-state index >= 15 is 0 Å². The number of imide groups is 1. The van der Waals surface area contributed by atoms with Crippen LogP contribution in [0.5, 0.6) is 0 Å². The second-order valence-electron chi connectivity index (χ2n) is 10.3. The molecule has 2 aliphatic carbocycles. The molecule has 0 spiro atoms. The van der Waals surface area contributed by atoms with Crippen LogP contribution in [0.4, 0.5) is 0 Å². The minimum absolute atomic E-state index is 0.0230. The number of benzene rings is 2. The summed E-state index contributed by atoms with van der Waals surface area (Å²) in [7, 11) is 0. The number of carbonyl (C=O) groups excluding carboxylic acids is 2. The Balaban J connectivity index is 1.35. The number of hydrogen-bond acceptors (Lipinski definition) is 6. The van der Waals surface area contributed by atoms with Crippen LogP contribution >= 0.6 is 23.1 Å². The molecule has 3 heterocycles. The zero-order chi connectivity index (χ0) is 25.4. The molecule has 2 saturated carbocycles. The van der Waals surface area contributed by atoms with Gasteiger partial charge in [-0.3, -0.25) is 28.6 Å². The molecule has 3 fully saturated rings. The maximum absolute atomic E-state index is 13.5. The van der Waals surface area contributed by atoms with Crippen molar-refractivity contribution in [3.05, 3.63) is 80.8 Å². The molecule has 37 heavy (non-hydrogen) atoms. The van der Waals surface area contributed by atoms with Crippen molar-refractivity contribution in [3.8, 4) is 5.69 Å². The summed E-state index contributed by atoms with van der Waals surface area (Å²) < 4.78 is 1.81. The number of thiazole rings is 1. The molecule has 7 rings (SSSR count). The van der Waals surface area contributed by atoms with Crippen molar-refractivity contribution in [2.24, 2.45) is 29.6 Å². The highest BCUT2D eigenvalue weighted by Gasteiger charge is 2.69. The average Bonchev–Trinajstić information content (AvgIpc) is 3.62. The van der Waals surface area contributed by atoms with Crippen LogP contribution in [-0.4, -0.2) is 44.2 Å². The first-order chi connectivity index (χ1) is 18.0. The average molecular weight is 533 g/mol. The third kappa shape index (κ3) is 3.26. The number of aromatic nitrogens is 1. The third-order valence-electron chi connectivity index (χ3n) is 8.68. The summed E-state index contributed by atoms with van der Waals surface area (Å²) in [5.41, 5.74) is 1.96. The van der Waals surface area contributed by atoms with E-state index < -0.39 is 17.8 Å². The summed E-state index contributed by atoms with van der Waals surface area (Å²) >= 11 is 2.99. The Labute approximate surface area is 221 Å². The van der Waals surface area contributed by atoms with E-state index in [4.69, 9.17) is 5.11 Å². The van der Waals surface area contributed by atoms with Crippen molar-refractivity contribution < 1.29 is 19.5 Å². The summed E-state index contributed by atoms with van der Waals surface area (Å²) in [5, 5.41) is 10.2. The standard InChI is InChI=1S/C28H24N2O5S2/c31-18(32)11-12-29-25(33)21-16-13-17(22(21)26(29)34)23-20(16)19(14-7-3-1-4-8-14)24-27(36-23)30(28(35)37-24)15-9-5-2-6-10-15/h1-10,16-17,19-23H,11-13H2,(H,31,32)/t16-,17-,19+,20+,21-,22+,23+/m0/s1. The van der Waals surface area contributed by atoms with Gasteiger partial charge in [0.2, 0.25) is 11.8 Å². The van der Waals surface area contributed by atoms with Crippen molar-refractivity contribution in [1.29, 1.82) is 0 Å². The number of nitrogens with zero attached hydrogens (tertiary/aromatic N) is 2. The number of thioether (sulfide) groups is 1. The predicted molar refractivity (Wildman–Crippen MR) is 139 cm³/mol. The molecule has 9 heteroatoms. The first kappa shape index (κ1) is 23.0. The number of likely N-dealkylation sites (tertiary alicyclic amines) is 1. The molecule has 0 unspecified atom stereocenters. The van der Waals surface area contributed by atoms with Crippen LogP contribution in [-0.2, 0) is 14.4 Å². The largest absolute Gasteiger partial charge is 0.481 e. The Hall–Kier alpha value is -3.17. The first-order valence-corrected chi connectivity index (χ1v) is 14.2. The predicted octanol–water partition coefficient (Wildman–Crippen LogP) is 3.85. The van der Waals surface area contributed by atoms with Gasteiger partial charge in [-0.05, 0) is 41.9 Å². The van der Waals surface area contributed by atoms with Crippen molar-refractivity contribution in [2.75, 3.05) is 6.54 Å². The number of para-hydroxylation sites is 1. The lowest BCUT2D eigenvalue weighted by atomic mass is 9.68. The zero-order valence-electron chi connectivity index (χ0n) is 19.7. The number of carboxylic acids is 1. The molecule has 7 atom stereocenters.